The molecule has 0 aliphatic rings. The second kappa shape index (κ2) is 10.3. The Morgan fingerprint density at radius 2 is 0.833 bits per heavy atom. The molecule has 0 radical (unpaired) electrons. The predicted molar refractivity (Wildman–Crippen MR) is 46.6 cm³/mol. The number of aliphatic hydroxyl groups is 4. The Labute approximate surface area is 72.1 Å². The molecular weight excluding hydrogens is 160 g/mol. The van der Waals surface area contributed by atoms with Crippen LogP contribution in [0.25, 0.3) is 0 Å². The minimum absolute atomic E-state index is 0.115. The van der Waals surface area contributed by atoms with E-state index < -0.39 is 0 Å². The van der Waals surface area contributed by atoms with Gasteiger partial charge in [-0.2, -0.15) is 0 Å². The van der Waals surface area contributed by atoms with E-state index >= 15 is 0 Å². The number of aliphatic hydroxyl groups excluding tert-OH is 4. The monoisotopic (exact) mass is 176 g/mol. The maximum Gasteiger partial charge on any atom is 0.0661 e. The van der Waals surface area contributed by atoms with Gasteiger partial charge in [-0.25, -0.2) is 0 Å². The van der Waals surface area contributed by atoms with Crippen molar-refractivity contribution in [2.75, 3.05) is 26.4 Å². The normalized spacial score (nSPS) is 8.33. The molecule has 0 heterocycles. The summed E-state index contributed by atoms with van der Waals surface area (Å²) < 4.78 is 0. The van der Waals surface area contributed by atoms with Crippen LogP contribution in [0, 0.1) is 0 Å². The van der Waals surface area contributed by atoms with E-state index in [-0.39, 0.29) is 26.4 Å². The standard InChI is InChI=1S/2C4H8O2/c2*1-4(2-5)3-6/h2*5-6H,1-3H2. The molecule has 0 amide bonds. The zero-order valence-electron chi connectivity index (χ0n) is 7.03. The zero-order chi connectivity index (χ0) is 9.98. The molecule has 4 heteroatoms. The molecule has 0 atom stereocenters. The smallest absolute Gasteiger partial charge is 0.0661 e. The van der Waals surface area contributed by atoms with Gasteiger partial charge in [0.25, 0.3) is 0 Å². The molecule has 0 unspecified atom stereocenters. The van der Waals surface area contributed by atoms with E-state index in [4.69, 9.17) is 20.4 Å². The van der Waals surface area contributed by atoms with Gasteiger partial charge in [0.05, 0.1) is 26.4 Å². The number of hydrogen-bond acceptors (Lipinski definition) is 4. The fourth-order valence-electron chi connectivity index (χ4n) is 0.1000. The lowest BCUT2D eigenvalue weighted by atomic mass is 10.4. The summed E-state index contributed by atoms with van der Waals surface area (Å²) in [6, 6.07) is 0. The van der Waals surface area contributed by atoms with Crippen LogP contribution >= 0.6 is 0 Å². The SMILES string of the molecule is C=C(CO)CO.C=C(CO)CO. The Morgan fingerprint density at radius 3 is 0.833 bits per heavy atom. The molecule has 72 valence electrons. The van der Waals surface area contributed by atoms with E-state index in [1.807, 2.05) is 0 Å². The summed E-state index contributed by atoms with van der Waals surface area (Å²) in [5.74, 6) is 0. The first kappa shape index (κ1) is 13.9. The van der Waals surface area contributed by atoms with Crippen molar-refractivity contribution < 1.29 is 20.4 Å². The Morgan fingerprint density at radius 1 is 0.667 bits per heavy atom. The first-order chi connectivity index (χ1) is 5.62. The summed E-state index contributed by atoms with van der Waals surface area (Å²) in [5, 5.41) is 32.3. The Bertz CT molecular complexity index is 103. The van der Waals surface area contributed by atoms with Crippen molar-refractivity contribution in [2.24, 2.45) is 0 Å². The van der Waals surface area contributed by atoms with Crippen LogP contribution in [0.4, 0.5) is 0 Å². The predicted octanol–water partition coefficient (Wildman–Crippen LogP) is -0.946. The van der Waals surface area contributed by atoms with Crippen LogP contribution in [-0.4, -0.2) is 46.9 Å². The molecular formula is C8H16O4. The highest BCUT2D eigenvalue weighted by molar-refractivity contribution is 4.92. The van der Waals surface area contributed by atoms with Crippen LogP contribution in [0.3, 0.4) is 0 Å². The fraction of sp³-hybridized carbons (Fsp3) is 0.500. The summed E-state index contributed by atoms with van der Waals surface area (Å²) in [4.78, 5) is 0. The lowest BCUT2D eigenvalue weighted by Gasteiger charge is -1.88. The summed E-state index contributed by atoms with van der Waals surface area (Å²) in [6.07, 6.45) is 0. The second-order valence-electron chi connectivity index (χ2n) is 2.13. The van der Waals surface area contributed by atoms with Crippen molar-refractivity contribution in [1.82, 2.24) is 0 Å². The van der Waals surface area contributed by atoms with Gasteiger partial charge in [-0.05, 0) is 11.1 Å². The first-order valence-corrected chi connectivity index (χ1v) is 3.39. The number of rotatable bonds is 4. The van der Waals surface area contributed by atoms with E-state index in [1.165, 1.54) is 0 Å². The molecule has 0 aromatic carbocycles. The summed E-state index contributed by atoms with van der Waals surface area (Å²) in [6.45, 7) is 6.12. The molecule has 0 aromatic rings. The van der Waals surface area contributed by atoms with E-state index in [2.05, 4.69) is 13.2 Å². The van der Waals surface area contributed by atoms with Gasteiger partial charge >= 0.3 is 0 Å². The molecule has 0 bridgehead atoms. The largest absolute Gasteiger partial charge is 0.392 e. The molecule has 0 saturated carbocycles. The Kier molecular flexibility index (Phi) is 11.9. The molecule has 0 saturated heterocycles. The third kappa shape index (κ3) is 12.0. The third-order valence-corrected chi connectivity index (χ3v) is 0.894. The molecule has 0 spiro atoms. The highest BCUT2D eigenvalue weighted by Gasteiger charge is 1.81. The molecule has 0 fully saturated rings. The van der Waals surface area contributed by atoms with Crippen molar-refractivity contribution in [3.05, 3.63) is 24.3 Å². The fourth-order valence-corrected chi connectivity index (χ4v) is 0.1000. The summed E-state index contributed by atoms with van der Waals surface area (Å²) in [7, 11) is 0. The van der Waals surface area contributed by atoms with Gasteiger partial charge in [0, 0.05) is 0 Å². The van der Waals surface area contributed by atoms with Crippen LogP contribution in [0.5, 0.6) is 0 Å². The molecule has 0 aromatic heterocycles. The maximum absolute atomic E-state index is 8.08. The maximum atomic E-state index is 8.08. The van der Waals surface area contributed by atoms with E-state index in [0.29, 0.717) is 11.1 Å². The minimum Gasteiger partial charge on any atom is -0.392 e. The van der Waals surface area contributed by atoms with Gasteiger partial charge in [-0.15, -0.1) is 0 Å². The number of hydrogen-bond donors (Lipinski definition) is 4. The van der Waals surface area contributed by atoms with E-state index in [9.17, 15) is 0 Å². The highest BCUT2D eigenvalue weighted by atomic mass is 16.3. The third-order valence-electron chi connectivity index (χ3n) is 0.894. The Hall–Kier alpha value is -0.680. The van der Waals surface area contributed by atoms with Gasteiger partial charge in [0.1, 0.15) is 0 Å². The lowest BCUT2D eigenvalue weighted by Crippen LogP contribution is -1.91. The topological polar surface area (TPSA) is 80.9 Å². The zero-order valence-corrected chi connectivity index (χ0v) is 7.03. The van der Waals surface area contributed by atoms with Crippen LogP contribution in [0.15, 0.2) is 24.3 Å². The van der Waals surface area contributed by atoms with Gasteiger partial charge in [0.2, 0.25) is 0 Å². The highest BCUT2D eigenvalue weighted by Crippen LogP contribution is 1.79. The van der Waals surface area contributed by atoms with Crippen molar-refractivity contribution >= 4 is 0 Å². The summed E-state index contributed by atoms with van der Waals surface area (Å²) >= 11 is 0. The van der Waals surface area contributed by atoms with E-state index in [0.717, 1.165) is 0 Å². The molecule has 0 aliphatic carbocycles. The van der Waals surface area contributed by atoms with Crippen molar-refractivity contribution in [3.63, 3.8) is 0 Å². The van der Waals surface area contributed by atoms with Crippen molar-refractivity contribution in [1.29, 1.82) is 0 Å². The molecule has 4 N–H and O–H groups in total. The average molecular weight is 176 g/mol. The van der Waals surface area contributed by atoms with Crippen LogP contribution < -0.4 is 0 Å². The van der Waals surface area contributed by atoms with E-state index in [1.54, 1.807) is 0 Å². The van der Waals surface area contributed by atoms with Crippen LogP contribution in [-0.2, 0) is 0 Å². The van der Waals surface area contributed by atoms with Gasteiger partial charge in [-0.3, -0.25) is 0 Å². The minimum atomic E-state index is -0.115. The van der Waals surface area contributed by atoms with Gasteiger partial charge in [0.15, 0.2) is 0 Å². The van der Waals surface area contributed by atoms with Crippen LogP contribution in [0.2, 0.25) is 0 Å². The Balaban J connectivity index is 0. The molecule has 0 aliphatic heterocycles. The summed E-state index contributed by atoms with van der Waals surface area (Å²) in [5.41, 5.74) is 0.907. The van der Waals surface area contributed by atoms with Crippen LogP contribution in [0.1, 0.15) is 0 Å². The lowest BCUT2D eigenvalue weighted by molar-refractivity contribution is 0.277. The second-order valence-corrected chi connectivity index (χ2v) is 2.13. The van der Waals surface area contributed by atoms with Gasteiger partial charge in [-0.1, -0.05) is 13.2 Å². The molecule has 12 heavy (non-hydrogen) atoms. The van der Waals surface area contributed by atoms with Crippen molar-refractivity contribution in [3.8, 4) is 0 Å². The molecule has 0 rings (SSSR count). The quantitative estimate of drug-likeness (QED) is 0.416. The average Bonchev–Trinajstić information content (AvgIpc) is 2.16. The molecule has 4 nitrogen and oxygen atoms in total. The first-order valence-electron chi connectivity index (χ1n) is 3.39. The van der Waals surface area contributed by atoms with Gasteiger partial charge < -0.3 is 20.4 Å². The van der Waals surface area contributed by atoms with Crippen molar-refractivity contribution in [2.45, 2.75) is 0 Å².